The van der Waals surface area contributed by atoms with Crippen LogP contribution in [0.15, 0.2) is 0 Å². The summed E-state index contributed by atoms with van der Waals surface area (Å²) in [6, 6.07) is -0.353. The van der Waals surface area contributed by atoms with Crippen molar-refractivity contribution in [1.29, 1.82) is 0 Å². The number of hydrogen-bond acceptors (Lipinski definition) is 3. The second kappa shape index (κ2) is 6.78. The van der Waals surface area contributed by atoms with Crippen molar-refractivity contribution in [2.75, 3.05) is 13.1 Å². The number of carbonyl (C=O) groups excluding carboxylic acids is 2. The summed E-state index contributed by atoms with van der Waals surface area (Å²) < 4.78 is 0. The lowest BCUT2D eigenvalue weighted by atomic mass is 9.85. The lowest BCUT2D eigenvalue weighted by Gasteiger charge is -2.41. The van der Waals surface area contributed by atoms with Gasteiger partial charge >= 0.3 is 12.0 Å². The Morgan fingerprint density at radius 3 is 2.90 bits per heavy atom. The maximum Gasteiger partial charge on any atom is 0.317 e. The Morgan fingerprint density at radius 2 is 2.24 bits per heavy atom. The fourth-order valence-electron chi connectivity index (χ4n) is 3.07. The summed E-state index contributed by atoms with van der Waals surface area (Å²) in [5, 5.41) is 14.6. The lowest BCUT2D eigenvalue weighted by Crippen LogP contribution is -2.57. The van der Waals surface area contributed by atoms with E-state index in [1.165, 1.54) is 0 Å². The summed E-state index contributed by atoms with van der Waals surface area (Å²) >= 11 is 0. The summed E-state index contributed by atoms with van der Waals surface area (Å²) in [6.45, 7) is 3.08. The quantitative estimate of drug-likeness (QED) is 0.705. The number of nitrogens with one attached hydrogen (secondary N) is 2. The molecule has 3 amide bonds. The van der Waals surface area contributed by atoms with Gasteiger partial charge in [0.2, 0.25) is 5.91 Å². The molecule has 0 aromatic carbocycles. The van der Waals surface area contributed by atoms with Crippen molar-refractivity contribution < 1.29 is 19.5 Å². The van der Waals surface area contributed by atoms with E-state index < -0.39 is 5.97 Å². The summed E-state index contributed by atoms with van der Waals surface area (Å²) in [6.07, 6.45) is 2.63. The molecule has 2 aliphatic heterocycles. The molecule has 3 unspecified atom stereocenters. The van der Waals surface area contributed by atoms with Crippen LogP contribution >= 0.6 is 0 Å². The van der Waals surface area contributed by atoms with Crippen LogP contribution < -0.4 is 10.6 Å². The molecule has 2 heterocycles. The zero-order chi connectivity index (χ0) is 15.4. The number of piperidine rings is 2. The standard InChI is InChI=1S/C14H23N3O4/c1-2-10(7-13(19)20)15-14(21)17-6-5-11-9(8-17)3-4-12(18)16-11/h9-11H,2-8H2,1H3,(H,15,21)(H,16,18)(H,19,20). The number of urea groups is 1. The van der Waals surface area contributed by atoms with E-state index in [1.54, 1.807) is 4.90 Å². The van der Waals surface area contributed by atoms with Crippen LogP contribution in [0.5, 0.6) is 0 Å². The van der Waals surface area contributed by atoms with Gasteiger partial charge in [0.1, 0.15) is 0 Å². The number of carboxylic acids is 1. The van der Waals surface area contributed by atoms with Crippen molar-refractivity contribution in [3.05, 3.63) is 0 Å². The van der Waals surface area contributed by atoms with Crippen LogP contribution in [0, 0.1) is 5.92 Å². The number of rotatable bonds is 4. The van der Waals surface area contributed by atoms with E-state index in [0.717, 1.165) is 12.8 Å². The van der Waals surface area contributed by atoms with Gasteiger partial charge < -0.3 is 20.6 Å². The highest BCUT2D eigenvalue weighted by Gasteiger charge is 2.35. The third-order valence-electron chi connectivity index (χ3n) is 4.35. The van der Waals surface area contributed by atoms with Crippen molar-refractivity contribution >= 4 is 17.9 Å². The smallest absolute Gasteiger partial charge is 0.317 e. The predicted octanol–water partition coefficient (Wildman–Crippen LogP) is 0.550. The molecular weight excluding hydrogens is 274 g/mol. The maximum absolute atomic E-state index is 12.2. The van der Waals surface area contributed by atoms with E-state index in [4.69, 9.17) is 5.11 Å². The lowest BCUT2D eigenvalue weighted by molar-refractivity contribution is -0.137. The zero-order valence-corrected chi connectivity index (χ0v) is 12.3. The Kier molecular flexibility index (Phi) is 5.03. The van der Waals surface area contributed by atoms with Gasteiger partial charge in [-0.1, -0.05) is 6.92 Å². The SMILES string of the molecule is CCC(CC(=O)O)NC(=O)N1CCC2NC(=O)CCC2C1. The summed E-state index contributed by atoms with van der Waals surface area (Å²) in [4.78, 5) is 36.1. The Balaban J connectivity index is 1.86. The molecule has 0 spiro atoms. The largest absolute Gasteiger partial charge is 0.481 e. The monoisotopic (exact) mass is 297 g/mol. The van der Waals surface area contributed by atoms with Crippen molar-refractivity contribution in [1.82, 2.24) is 15.5 Å². The van der Waals surface area contributed by atoms with Crippen LogP contribution in [0.25, 0.3) is 0 Å². The molecular formula is C14H23N3O4. The van der Waals surface area contributed by atoms with Crippen molar-refractivity contribution in [3.63, 3.8) is 0 Å². The first-order chi connectivity index (χ1) is 9.99. The average Bonchev–Trinajstić information content (AvgIpc) is 2.45. The minimum absolute atomic E-state index is 0.0574. The second-order valence-corrected chi connectivity index (χ2v) is 5.86. The van der Waals surface area contributed by atoms with Gasteiger partial charge in [0, 0.05) is 31.6 Å². The summed E-state index contributed by atoms with van der Waals surface area (Å²) in [5.74, 6) is -0.501. The molecule has 0 saturated carbocycles. The molecule has 0 radical (unpaired) electrons. The Bertz CT molecular complexity index is 426. The van der Waals surface area contributed by atoms with E-state index in [1.807, 2.05) is 6.92 Å². The van der Waals surface area contributed by atoms with Gasteiger partial charge in [-0.15, -0.1) is 0 Å². The van der Waals surface area contributed by atoms with E-state index in [0.29, 0.717) is 31.8 Å². The van der Waals surface area contributed by atoms with Crippen LogP contribution in [-0.2, 0) is 9.59 Å². The molecule has 2 fully saturated rings. The average molecular weight is 297 g/mol. The molecule has 0 aromatic rings. The molecule has 0 aromatic heterocycles. The van der Waals surface area contributed by atoms with Crippen LogP contribution in [-0.4, -0.2) is 53.1 Å². The Labute approximate surface area is 124 Å². The fraction of sp³-hybridized carbons (Fsp3) is 0.786. The summed E-state index contributed by atoms with van der Waals surface area (Å²) in [7, 11) is 0. The van der Waals surface area contributed by atoms with Gasteiger partial charge in [-0.3, -0.25) is 9.59 Å². The number of aliphatic carboxylic acids is 1. The topological polar surface area (TPSA) is 98.7 Å². The molecule has 0 aliphatic carbocycles. The highest BCUT2D eigenvalue weighted by atomic mass is 16.4. The van der Waals surface area contributed by atoms with Gasteiger partial charge in [-0.05, 0) is 25.2 Å². The molecule has 2 saturated heterocycles. The molecule has 7 nitrogen and oxygen atoms in total. The van der Waals surface area contributed by atoms with Gasteiger partial charge in [0.25, 0.3) is 0 Å². The number of nitrogens with zero attached hydrogens (tertiary/aromatic N) is 1. The Morgan fingerprint density at radius 1 is 1.48 bits per heavy atom. The third kappa shape index (κ3) is 4.09. The number of carbonyl (C=O) groups is 3. The normalized spacial score (nSPS) is 26.5. The third-order valence-corrected chi connectivity index (χ3v) is 4.35. The van der Waals surface area contributed by atoms with E-state index >= 15 is 0 Å². The van der Waals surface area contributed by atoms with Crippen LogP contribution in [0.3, 0.4) is 0 Å². The molecule has 2 aliphatic rings. The maximum atomic E-state index is 12.2. The zero-order valence-electron chi connectivity index (χ0n) is 12.3. The van der Waals surface area contributed by atoms with Crippen molar-refractivity contribution in [2.24, 2.45) is 5.92 Å². The number of likely N-dealkylation sites (tertiary alicyclic amines) is 1. The Hall–Kier alpha value is -1.79. The highest BCUT2D eigenvalue weighted by Crippen LogP contribution is 2.25. The molecule has 0 bridgehead atoms. The van der Waals surface area contributed by atoms with Crippen molar-refractivity contribution in [3.8, 4) is 0 Å². The van der Waals surface area contributed by atoms with Gasteiger partial charge in [-0.2, -0.15) is 0 Å². The molecule has 3 atom stereocenters. The predicted molar refractivity (Wildman–Crippen MR) is 75.7 cm³/mol. The first kappa shape index (κ1) is 15.6. The molecule has 3 N–H and O–H groups in total. The molecule has 2 rings (SSSR count). The number of fused-ring (bicyclic) bond motifs is 1. The van der Waals surface area contributed by atoms with E-state index in [-0.39, 0.29) is 30.4 Å². The molecule has 7 heteroatoms. The number of hydrogen-bond donors (Lipinski definition) is 3. The van der Waals surface area contributed by atoms with Gasteiger partial charge in [-0.25, -0.2) is 4.79 Å². The highest BCUT2D eigenvalue weighted by molar-refractivity contribution is 5.78. The first-order valence-electron chi connectivity index (χ1n) is 7.56. The molecule has 21 heavy (non-hydrogen) atoms. The van der Waals surface area contributed by atoms with Crippen molar-refractivity contribution in [2.45, 2.75) is 51.1 Å². The second-order valence-electron chi connectivity index (χ2n) is 5.86. The summed E-state index contributed by atoms with van der Waals surface area (Å²) in [5.41, 5.74) is 0. The molecule has 118 valence electrons. The van der Waals surface area contributed by atoms with Crippen LogP contribution in [0.1, 0.15) is 39.0 Å². The van der Waals surface area contributed by atoms with E-state index in [2.05, 4.69) is 10.6 Å². The fourth-order valence-corrected chi connectivity index (χ4v) is 3.07. The van der Waals surface area contributed by atoms with Gasteiger partial charge in [0.05, 0.1) is 6.42 Å². The number of amides is 3. The first-order valence-corrected chi connectivity index (χ1v) is 7.56. The minimum atomic E-state index is -0.907. The minimum Gasteiger partial charge on any atom is -0.481 e. The van der Waals surface area contributed by atoms with Crippen LogP contribution in [0.2, 0.25) is 0 Å². The number of carboxylic acid groups (broad SMARTS) is 1. The van der Waals surface area contributed by atoms with Crippen LogP contribution in [0.4, 0.5) is 4.79 Å². The van der Waals surface area contributed by atoms with Gasteiger partial charge in [0.15, 0.2) is 0 Å². The van der Waals surface area contributed by atoms with E-state index in [9.17, 15) is 14.4 Å².